The number of allylic oxidation sites excluding steroid dienone is 2. The number of hydrogen-bond acceptors (Lipinski definition) is 1. The lowest BCUT2D eigenvalue weighted by atomic mass is 10.0. The van der Waals surface area contributed by atoms with Crippen LogP contribution in [0, 0.1) is 0 Å². The van der Waals surface area contributed by atoms with Crippen molar-refractivity contribution in [2.75, 3.05) is 0 Å². The second kappa shape index (κ2) is 13.4. The van der Waals surface area contributed by atoms with Gasteiger partial charge in [0, 0.05) is 0 Å². The molecule has 0 heterocycles. The van der Waals surface area contributed by atoms with E-state index >= 15 is 0 Å². The molecule has 0 aliphatic heterocycles. The summed E-state index contributed by atoms with van der Waals surface area (Å²) < 4.78 is 0. The summed E-state index contributed by atoms with van der Waals surface area (Å²) in [5.41, 5.74) is 1.26. The molecule has 1 aromatic rings. The quantitative estimate of drug-likeness (QED) is 0.314. The van der Waals surface area contributed by atoms with Crippen molar-refractivity contribution in [1.29, 1.82) is 0 Å². The highest BCUT2D eigenvalue weighted by Crippen LogP contribution is 2.15. The SMILES string of the molecule is CC/C=C\CCCCCCCCCCCc1cccc(O)c1. The second-order valence-electron chi connectivity index (χ2n) is 6.27. The minimum atomic E-state index is 0.391. The summed E-state index contributed by atoms with van der Waals surface area (Å²) in [5.74, 6) is 0.391. The summed E-state index contributed by atoms with van der Waals surface area (Å²) in [6.45, 7) is 2.19. The largest absolute Gasteiger partial charge is 0.508 e. The number of phenols is 1. The van der Waals surface area contributed by atoms with Crippen molar-refractivity contribution in [3.05, 3.63) is 42.0 Å². The maximum atomic E-state index is 9.41. The van der Waals surface area contributed by atoms with Crippen LogP contribution in [-0.2, 0) is 6.42 Å². The van der Waals surface area contributed by atoms with E-state index < -0.39 is 0 Å². The highest BCUT2D eigenvalue weighted by atomic mass is 16.3. The third kappa shape index (κ3) is 10.5. The zero-order valence-electron chi connectivity index (χ0n) is 14.4. The maximum absolute atomic E-state index is 9.41. The number of unbranched alkanes of at least 4 members (excludes halogenated alkanes) is 9. The Kier molecular flexibility index (Phi) is 11.5. The van der Waals surface area contributed by atoms with E-state index in [0.29, 0.717) is 5.75 Å². The third-order valence-corrected chi connectivity index (χ3v) is 4.15. The van der Waals surface area contributed by atoms with Crippen LogP contribution < -0.4 is 0 Å². The van der Waals surface area contributed by atoms with Gasteiger partial charge in [0.25, 0.3) is 0 Å². The molecule has 0 spiro atoms. The lowest BCUT2D eigenvalue weighted by Crippen LogP contribution is -1.86. The average Bonchev–Trinajstić information content (AvgIpc) is 2.52. The maximum Gasteiger partial charge on any atom is 0.115 e. The standard InChI is InChI=1S/C21H34O/c1-2-3-4-5-6-7-8-9-10-11-12-13-14-16-20-17-15-18-21(22)19-20/h3-4,15,17-19,22H,2,5-14,16H2,1H3/b4-3-. The molecule has 0 aliphatic rings. The highest BCUT2D eigenvalue weighted by Gasteiger charge is 1.96. The van der Waals surface area contributed by atoms with E-state index in [1.54, 1.807) is 6.07 Å². The van der Waals surface area contributed by atoms with E-state index in [2.05, 4.69) is 25.1 Å². The molecule has 1 heteroatoms. The van der Waals surface area contributed by atoms with Crippen molar-refractivity contribution >= 4 is 0 Å². The lowest BCUT2D eigenvalue weighted by molar-refractivity contribution is 0.474. The fourth-order valence-electron chi connectivity index (χ4n) is 2.83. The van der Waals surface area contributed by atoms with Crippen LogP contribution in [0.1, 0.15) is 83.1 Å². The Labute approximate surface area is 137 Å². The van der Waals surface area contributed by atoms with Crippen molar-refractivity contribution in [1.82, 2.24) is 0 Å². The van der Waals surface area contributed by atoms with E-state index in [0.717, 1.165) is 6.42 Å². The first-order valence-corrected chi connectivity index (χ1v) is 9.26. The van der Waals surface area contributed by atoms with Crippen molar-refractivity contribution in [2.45, 2.75) is 84.0 Å². The fourth-order valence-corrected chi connectivity index (χ4v) is 2.83. The Balaban J connectivity index is 1.83. The molecule has 0 aromatic heterocycles. The van der Waals surface area contributed by atoms with Gasteiger partial charge in [-0.3, -0.25) is 0 Å². The topological polar surface area (TPSA) is 20.2 Å². The van der Waals surface area contributed by atoms with Gasteiger partial charge in [-0.1, -0.05) is 76.2 Å². The summed E-state index contributed by atoms with van der Waals surface area (Å²) >= 11 is 0. The zero-order chi connectivity index (χ0) is 15.9. The third-order valence-electron chi connectivity index (χ3n) is 4.15. The van der Waals surface area contributed by atoms with Crippen LogP contribution in [0.2, 0.25) is 0 Å². The Morgan fingerprint density at radius 3 is 2.09 bits per heavy atom. The van der Waals surface area contributed by atoms with Crippen molar-refractivity contribution < 1.29 is 5.11 Å². The molecule has 1 aromatic carbocycles. The Hall–Kier alpha value is -1.24. The predicted molar refractivity (Wildman–Crippen MR) is 97.4 cm³/mol. The van der Waals surface area contributed by atoms with E-state index in [-0.39, 0.29) is 0 Å². The lowest BCUT2D eigenvalue weighted by Gasteiger charge is -2.03. The molecule has 0 fully saturated rings. The summed E-state index contributed by atoms with van der Waals surface area (Å²) in [6.07, 6.45) is 20.4. The molecule has 0 amide bonds. The van der Waals surface area contributed by atoms with Crippen molar-refractivity contribution in [3.63, 3.8) is 0 Å². The fraction of sp³-hybridized carbons (Fsp3) is 0.619. The van der Waals surface area contributed by atoms with E-state index in [1.807, 2.05) is 12.1 Å². The summed E-state index contributed by atoms with van der Waals surface area (Å²) in [6, 6.07) is 7.66. The van der Waals surface area contributed by atoms with Gasteiger partial charge in [-0.05, 0) is 49.8 Å². The van der Waals surface area contributed by atoms with Crippen LogP contribution in [0.5, 0.6) is 5.75 Å². The number of rotatable bonds is 13. The molecular weight excluding hydrogens is 268 g/mol. The number of aromatic hydroxyl groups is 1. The zero-order valence-corrected chi connectivity index (χ0v) is 14.4. The molecule has 0 bridgehead atoms. The van der Waals surface area contributed by atoms with Gasteiger partial charge >= 0.3 is 0 Å². The average molecular weight is 303 g/mol. The molecule has 0 unspecified atom stereocenters. The van der Waals surface area contributed by atoms with E-state index in [1.165, 1.54) is 76.2 Å². The molecule has 0 saturated heterocycles. The smallest absolute Gasteiger partial charge is 0.115 e. The Morgan fingerprint density at radius 1 is 0.818 bits per heavy atom. The normalized spacial score (nSPS) is 11.3. The molecule has 0 atom stereocenters. The van der Waals surface area contributed by atoms with Crippen LogP contribution >= 0.6 is 0 Å². The molecule has 124 valence electrons. The number of phenolic OH excluding ortho intramolecular Hbond substituents is 1. The first-order chi connectivity index (χ1) is 10.8. The van der Waals surface area contributed by atoms with Gasteiger partial charge in [0.1, 0.15) is 5.75 Å². The second-order valence-corrected chi connectivity index (χ2v) is 6.27. The first kappa shape index (κ1) is 18.8. The van der Waals surface area contributed by atoms with Crippen LogP contribution in [0.4, 0.5) is 0 Å². The molecular formula is C21H34O. The minimum absolute atomic E-state index is 0.391. The number of benzene rings is 1. The van der Waals surface area contributed by atoms with Gasteiger partial charge in [-0.25, -0.2) is 0 Å². The minimum Gasteiger partial charge on any atom is -0.508 e. The summed E-state index contributed by atoms with van der Waals surface area (Å²) in [4.78, 5) is 0. The van der Waals surface area contributed by atoms with E-state index in [9.17, 15) is 5.11 Å². The van der Waals surface area contributed by atoms with Crippen LogP contribution in [0.3, 0.4) is 0 Å². The summed E-state index contributed by atoms with van der Waals surface area (Å²) in [7, 11) is 0. The Bertz CT molecular complexity index is 395. The molecule has 1 N–H and O–H groups in total. The molecule has 0 saturated carbocycles. The predicted octanol–water partition coefficient (Wildman–Crippen LogP) is 6.80. The van der Waals surface area contributed by atoms with Crippen LogP contribution in [0.25, 0.3) is 0 Å². The van der Waals surface area contributed by atoms with Crippen LogP contribution in [-0.4, -0.2) is 5.11 Å². The number of aryl methyl sites for hydroxylation is 1. The molecule has 22 heavy (non-hydrogen) atoms. The summed E-state index contributed by atoms with van der Waals surface area (Å²) in [5, 5.41) is 9.41. The van der Waals surface area contributed by atoms with Gasteiger partial charge in [0.15, 0.2) is 0 Å². The van der Waals surface area contributed by atoms with E-state index in [4.69, 9.17) is 0 Å². The number of hydrogen-bond donors (Lipinski definition) is 1. The molecule has 1 rings (SSSR count). The van der Waals surface area contributed by atoms with Gasteiger partial charge in [0.05, 0.1) is 0 Å². The first-order valence-electron chi connectivity index (χ1n) is 9.26. The molecule has 1 nitrogen and oxygen atoms in total. The molecule has 0 radical (unpaired) electrons. The molecule has 0 aliphatic carbocycles. The Morgan fingerprint density at radius 2 is 1.45 bits per heavy atom. The highest BCUT2D eigenvalue weighted by molar-refractivity contribution is 5.27. The van der Waals surface area contributed by atoms with Gasteiger partial charge in [0.2, 0.25) is 0 Å². The van der Waals surface area contributed by atoms with Crippen molar-refractivity contribution in [2.24, 2.45) is 0 Å². The van der Waals surface area contributed by atoms with Gasteiger partial charge < -0.3 is 5.11 Å². The monoisotopic (exact) mass is 302 g/mol. The van der Waals surface area contributed by atoms with Crippen molar-refractivity contribution in [3.8, 4) is 5.75 Å². The van der Waals surface area contributed by atoms with Gasteiger partial charge in [-0.2, -0.15) is 0 Å². The van der Waals surface area contributed by atoms with Crippen LogP contribution in [0.15, 0.2) is 36.4 Å². The van der Waals surface area contributed by atoms with Gasteiger partial charge in [-0.15, -0.1) is 0 Å².